The smallest absolute Gasteiger partial charge is 0.254 e. The molecule has 0 aliphatic heterocycles. The third-order valence-corrected chi connectivity index (χ3v) is 3.02. The number of hydrogen-bond donors (Lipinski definition) is 0. The molecule has 0 spiro atoms. The van der Waals surface area contributed by atoms with Crippen molar-refractivity contribution in [1.82, 2.24) is 9.80 Å². The predicted octanol–water partition coefficient (Wildman–Crippen LogP) is 2.04. The number of benzene rings is 1. The highest BCUT2D eigenvalue weighted by Gasteiger charge is 2.16. The van der Waals surface area contributed by atoms with Gasteiger partial charge in [0.1, 0.15) is 0 Å². The molecule has 1 aromatic rings. The second kappa shape index (κ2) is 7.04. The first-order valence-corrected chi connectivity index (χ1v) is 6.55. The van der Waals surface area contributed by atoms with Crippen molar-refractivity contribution in [3.05, 3.63) is 34.9 Å². The topological polar surface area (TPSA) is 40.6 Å². The maximum Gasteiger partial charge on any atom is 0.254 e. The zero-order valence-electron chi connectivity index (χ0n) is 12.1. The van der Waals surface area contributed by atoms with Crippen molar-refractivity contribution in [3.63, 3.8) is 0 Å². The van der Waals surface area contributed by atoms with E-state index in [2.05, 4.69) is 0 Å². The Morgan fingerprint density at radius 2 is 1.84 bits per heavy atom. The highest BCUT2D eigenvalue weighted by atomic mass is 16.2. The first kappa shape index (κ1) is 15.4. The zero-order chi connectivity index (χ0) is 14.4. The van der Waals surface area contributed by atoms with Crippen LogP contribution in [0.25, 0.3) is 0 Å². The van der Waals surface area contributed by atoms with E-state index in [1.165, 1.54) is 0 Å². The molecule has 19 heavy (non-hydrogen) atoms. The summed E-state index contributed by atoms with van der Waals surface area (Å²) in [5.41, 5.74) is 1.99. The summed E-state index contributed by atoms with van der Waals surface area (Å²) < 4.78 is 0. The molecule has 0 aromatic heterocycles. The fraction of sp³-hybridized carbons (Fsp3) is 0.467. The number of amides is 1. The monoisotopic (exact) mass is 262 g/mol. The third-order valence-electron chi connectivity index (χ3n) is 3.02. The van der Waals surface area contributed by atoms with Gasteiger partial charge in [-0.05, 0) is 45.6 Å². The Bertz CT molecular complexity index is 451. The van der Waals surface area contributed by atoms with Crippen molar-refractivity contribution in [3.8, 4) is 0 Å². The molecule has 1 rings (SSSR count). The lowest BCUT2D eigenvalue weighted by Gasteiger charge is -2.20. The summed E-state index contributed by atoms with van der Waals surface area (Å²) in [6.07, 6.45) is 0.760. The number of rotatable bonds is 6. The van der Waals surface area contributed by atoms with Crippen molar-refractivity contribution in [1.29, 1.82) is 0 Å². The molecule has 0 saturated heterocycles. The van der Waals surface area contributed by atoms with Crippen LogP contribution in [-0.4, -0.2) is 49.2 Å². The molecule has 104 valence electrons. The van der Waals surface area contributed by atoms with E-state index < -0.39 is 0 Å². The maximum absolute atomic E-state index is 12.3. The van der Waals surface area contributed by atoms with E-state index in [9.17, 15) is 9.59 Å². The van der Waals surface area contributed by atoms with Crippen molar-refractivity contribution in [2.24, 2.45) is 0 Å². The number of hydrogen-bond acceptors (Lipinski definition) is 3. The minimum Gasteiger partial charge on any atom is -0.339 e. The second-order valence-electron chi connectivity index (χ2n) is 4.75. The van der Waals surface area contributed by atoms with Gasteiger partial charge in [0.05, 0.1) is 5.56 Å². The Balaban J connectivity index is 3.08. The number of carbonyl (C=O) groups excluding carboxylic acids is 2. The Labute approximate surface area is 115 Å². The summed E-state index contributed by atoms with van der Waals surface area (Å²) in [4.78, 5) is 27.2. The van der Waals surface area contributed by atoms with Gasteiger partial charge in [0.15, 0.2) is 6.29 Å². The number of carbonyl (C=O) groups is 2. The van der Waals surface area contributed by atoms with Gasteiger partial charge in [-0.15, -0.1) is 0 Å². The normalized spacial score (nSPS) is 10.6. The number of nitrogens with zero attached hydrogens (tertiary/aromatic N) is 2. The zero-order valence-corrected chi connectivity index (χ0v) is 12.1. The molecule has 0 radical (unpaired) electrons. The minimum atomic E-state index is -0.0801. The first-order valence-electron chi connectivity index (χ1n) is 6.55. The molecule has 0 atom stereocenters. The lowest BCUT2D eigenvalue weighted by Crippen LogP contribution is -2.31. The van der Waals surface area contributed by atoms with Gasteiger partial charge >= 0.3 is 0 Å². The highest BCUT2D eigenvalue weighted by molar-refractivity contribution is 6.01. The van der Waals surface area contributed by atoms with E-state index in [1.807, 2.05) is 38.9 Å². The van der Waals surface area contributed by atoms with Crippen LogP contribution in [-0.2, 0) is 6.54 Å². The predicted molar refractivity (Wildman–Crippen MR) is 76.5 cm³/mol. The van der Waals surface area contributed by atoms with Crippen molar-refractivity contribution in [2.45, 2.75) is 20.4 Å². The van der Waals surface area contributed by atoms with Gasteiger partial charge in [-0.2, -0.15) is 0 Å². The standard InChI is InChI=1S/C15H22N2O2/c1-5-17(6-2)15(19)14-8-7-12(10-16(3)4)9-13(14)11-18/h7-9,11H,5-6,10H2,1-4H3. The molecule has 0 aliphatic rings. The summed E-state index contributed by atoms with van der Waals surface area (Å²) in [6.45, 7) is 5.91. The Hall–Kier alpha value is -1.68. The van der Waals surface area contributed by atoms with Crippen LogP contribution in [0.3, 0.4) is 0 Å². The minimum absolute atomic E-state index is 0.0801. The van der Waals surface area contributed by atoms with E-state index in [0.29, 0.717) is 24.2 Å². The largest absolute Gasteiger partial charge is 0.339 e. The summed E-state index contributed by atoms with van der Waals surface area (Å²) in [5, 5.41) is 0. The van der Waals surface area contributed by atoms with Crippen molar-refractivity contribution >= 4 is 12.2 Å². The summed E-state index contributed by atoms with van der Waals surface area (Å²) >= 11 is 0. The van der Waals surface area contributed by atoms with Crippen LogP contribution < -0.4 is 0 Å². The van der Waals surface area contributed by atoms with E-state index in [-0.39, 0.29) is 5.91 Å². The van der Waals surface area contributed by atoms with Crippen LogP contribution in [0.5, 0.6) is 0 Å². The quantitative estimate of drug-likeness (QED) is 0.737. The average molecular weight is 262 g/mol. The fourth-order valence-corrected chi connectivity index (χ4v) is 2.05. The fourth-order valence-electron chi connectivity index (χ4n) is 2.05. The molecule has 0 unspecified atom stereocenters. The molecule has 4 nitrogen and oxygen atoms in total. The second-order valence-corrected chi connectivity index (χ2v) is 4.75. The Morgan fingerprint density at radius 1 is 1.21 bits per heavy atom. The maximum atomic E-state index is 12.3. The van der Waals surface area contributed by atoms with Crippen LogP contribution in [0.2, 0.25) is 0 Å². The third kappa shape index (κ3) is 3.89. The molecule has 1 aromatic carbocycles. The van der Waals surface area contributed by atoms with Crippen LogP contribution in [0.15, 0.2) is 18.2 Å². The molecule has 0 saturated carbocycles. The molecular weight excluding hydrogens is 240 g/mol. The van der Waals surface area contributed by atoms with Gasteiger partial charge in [-0.3, -0.25) is 9.59 Å². The molecule has 0 bridgehead atoms. The summed E-state index contributed by atoms with van der Waals surface area (Å²) in [5.74, 6) is -0.0801. The van der Waals surface area contributed by atoms with Crippen LogP contribution in [0.1, 0.15) is 40.1 Å². The van der Waals surface area contributed by atoms with Crippen LogP contribution >= 0.6 is 0 Å². The van der Waals surface area contributed by atoms with Crippen molar-refractivity contribution < 1.29 is 9.59 Å². The Morgan fingerprint density at radius 3 is 2.32 bits per heavy atom. The van der Waals surface area contributed by atoms with Gasteiger partial charge in [0.25, 0.3) is 5.91 Å². The molecule has 1 amide bonds. The van der Waals surface area contributed by atoms with Gasteiger partial charge < -0.3 is 9.80 Å². The van der Waals surface area contributed by atoms with Crippen LogP contribution in [0.4, 0.5) is 0 Å². The Kier molecular flexibility index (Phi) is 5.70. The van der Waals surface area contributed by atoms with E-state index >= 15 is 0 Å². The highest BCUT2D eigenvalue weighted by Crippen LogP contribution is 2.14. The lowest BCUT2D eigenvalue weighted by atomic mass is 10.0. The molecule has 0 fully saturated rings. The van der Waals surface area contributed by atoms with Gasteiger partial charge in [0, 0.05) is 25.2 Å². The molecule has 0 N–H and O–H groups in total. The van der Waals surface area contributed by atoms with E-state index in [0.717, 1.165) is 18.4 Å². The van der Waals surface area contributed by atoms with E-state index in [4.69, 9.17) is 0 Å². The SMILES string of the molecule is CCN(CC)C(=O)c1ccc(CN(C)C)cc1C=O. The molecular formula is C15H22N2O2. The van der Waals surface area contributed by atoms with Gasteiger partial charge in [0.2, 0.25) is 0 Å². The average Bonchev–Trinajstić information content (AvgIpc) is 2.39. The molecule has 0 aliphatic carbocycles. The summed E-state index contributed by atoms with van der Waals surface area (Å²) in [6, 6.07) is 5.46. The number of aldehydes is 1. The lowest BCUT2D eigenvalue weighted by molar-refractivity contribution is 0.0770. The molecule has 0 heterocycles. The summed E-state index contributed by atoms with van der Waals surface area (Å²) in [7, 11) is 3.94. The van der Waals surface area contributed by atoms with Gasteiger partial charge in [-0.1, -0.05) is 6.07 Å². The van der Waals surface area contributed by atoms with Gasteiger partial charge in [-0.25, -0.2) is 0 Å². The van der Waals surface area contributed by atoms with Crippen LogP contribution in [0, 0.1) is 0 Å². The molecule has 4 heteroatoms. The van der Waals surface area contributed by atoms with Crippen molar-refractivity contribution in [2.75, 3.05) is 27.2 Å². The first-order chi connectivity index (χ1) is 9.03. The van der Waals surface area contributed by atoms with E-state index in [1.54, 1.807) is 17.0 Å².